The van der Waals surface area contributed by atoms with Gasteiger partial charge in [0.2, 0.25) is 5.91 Å². The number of hydrogen-bond acceptors (Lipinski definition) is 3. The summed E-state index contributed by atoms with van der Waals surface area (Å²) in [5.74, 6) is -0.372. The second-order valence-corrected chi connectivity index (χ2v) is 7.09. The van der Waals surface area contributed by atoms with E-state index in [0.717, 1.165) is 26.2 Å². The molecule has 7 heteroatoms. The van der Waals surface area contributed by atoms with Crippen molar-refractivity contribution in [3.8, 4) is 0 Å². The molecule has 1 N–H and O–H groups in total. The molecule has 0 unspecified atom stereocenters. The molecule has 0 radical (unpaired) electrons. The van der Waals surface area contributed by atoms with Crippen LogP contribution in [0.4, 0.5) is 10.1 Å². The van der Waals surface area contributed by atoms with Gasteiger partial charge in [0.25, 0.3) is 0 Å². The van der Waals surface area contributed by atoms with Gasteiger partial charge in [-0.15, -0.1) is 0 Å². The van der Waals surface area contributed by atoms with Crippen molar-refractivity contribution in [3.05, 3.63) is 63.9 Å². The standard InChI is InChI=1S/C19H20Cl2FN3O/c20-15-5-3-6-17(22)14(15)12-24-8-10-25(11-9-24)13-19(26)23-18-7-2-1-4-16(18)21/h1-7H,8-13H2,(H,23,26). The van der Waals surface area contributed by atoms with Crippen molar-refractivity contribution in [2.24, 2.45) is 0 Å². The Morgan fingerprint density at radius 3 is 2.31 bits per heavy atom. The molecule has 2 aromatic rings. The molecule has 1 amide bonds. The van der Waals surface area contributed by atoms with Crippen LogP contribution < -0.4 is 5.32 Å². The van der Waals surface area contributed by atoms with E-state index in [1.54, 1.807) is 24.3 Å². The minimum atomic E-state index is -0.279. The first-order valence-electron chi connectivity index (χ1n) is 8.45. The first kappa shape index (κ1) is 19.1. The van der Waals surface area contributed by atoms with Crippen molar-refractivity contribution in [1.29, 1.82) is 0 Å². The van der Waals surface area contributed by atoms with Crippen molar-refractivity contribution in [3.63, 3.8) is 0 Å². The fourth-order valence-corrected chi connectivity index (χ4v) is 3.37. The fraction of sp³-hybridized carbons (Fsp3) is 0.316. The van der Waals surface area contributed by atoms with Gasteiger partial charge in [0.05, 0.1) is 17.3 Å². The van der Waals surface area contributed by atoms with Crippen LogP contribution in [0.3, 0.4) is 0 Å². The summed E-state index contributed by atoms with van der Waals surface area (Å²) >= 11 is 12.2. The van der Waals surface area contributed by atoms with Crippen LogP contribution in [0.2, 0.25) is 10.0 Å². The lowest BCUT2D eigenvalue weighted by molar-refractivity contribution is -0.117. The molecular formula is C19H20Cl2FN3O. The van der Waals surface area contributed by atoms with Gasteiger partial charge < -0.3 is 5.32 Å². The zero-order valence-electron chi connectivity index (χ0n) is 14.2. The number of nitrogens with one attached hydrogen (secondary N) is 1. The highest BCUT2D eigenvalue weighted by atomic mass is 35.5. The summed E-state index contributed by atoms with van der Waals surface area (Å²) in [5, 5.41) is 3.80. The summed E-state index contributed by atoms with van der Waals surface area (Å²) < 4.78 is 13.9. The van der Waals surface area contributed by atoms with Gasteiger partial charge in [-0.2, -0.15) is 0 Å². The van der Waals surface area contributed by atoms with E-state index >= 15 is 0 Å². The Morgan fingerprint density at radius 1 is 0.962 bits per heavy atom. The molecule has 0 bridgehead atoms. The maximum Gasteiger partial charge on any atom is 0.238 e. The van der Waals surface area contributed by atoms with Crippen molar-refractivity contribution in [2.45, 2.75) is 6.54 Å². The maximum atomic E-state index is 13.9. The van der Waals surface area contributed by atoms with Crippen LogP contribution >= 0.6 is 23.2 Å². The van der Waals surface area contributed by atoms with Gasteiger partial charge in [0.15, 0.2) is 0 Å². The number of benzene rings is 2. The van der Waals surface area contributed by atoms with E-state index in [2.05, 4.69) is 15.1 Å². The Kier molecular flexibility index (Phi) is 6.48. The Labute approximate surface area is 162 Å². The SMILES string of the molecule is O=C(CN1CCN(Cc2c(F)cccc2Cl)CC1)Nc1ccccc1Cl. The van der Waals surface area contributed by atoms with Crippen molar-refractivity contribution < 1.29 is 9.18 Å². The number of hydrogen-bond donors (Lipinski definition) is 1. The van der Waals surface area contributed by atoms with Gasteiger partial charge in [-0.25, -0.2) is 4.39 Å². The molecule has 1 aliphatic rings. The van der Waals surface area contributed by atoms with Crippen LogP contribution in [0.1, 0.15) is 5.56 Å². The minimum Gasteiger partial charge on any atom is -0.324 e. The van der Waals surface area contributed by atoms with Crippen LogP contribution in [-0.4, -0.2) is 48.4 Å². The zero-order valence-corrected chi connectivity index (χ0v) is 15.7. The van der Waals surface area contributed by atoms with Crippen LogP contribution in [0.5, 0.6) is 0 Å². The molecule has 0 saturated carbocycles. The molecule has 0 aliphatic carbocycles. The topological polar surface area (TPSA) is 35.6 Å². The number of para-hydroxylation sites is 1. The number of piperazine rings is 1. The number of anilines is 1. The summed E-state index contributed by atoms with van der Waals surface area (Å²) in [6.45, 7) is 3.77. The average Bonchev–Trinajstić information content (AvgIpc) is 2.62. The number of carbonyl (C=O) groups excluding carboxylic acids is 1. The molecule has 138 valence electrons. The van der Waals surface area contributed by atoms with Crippen molar-refractivity contribution in [2.75, 3.05) is 38.0 Å². The summed E-state index contributed by atoms with van der Waals surface area (Å²) in [4.78, 5) is 16.4. The third kappa shape index (κ3) is 4.95. The lowest BCUT2D eigenvalue weighted by Crippen LogP contribution is -2.48. The quantitative estimate of drug-likeness (QED) is 0.833. The van der Waals surface area contributed by atoms with Crippen LogP contribution in [0, 0.1) is 5.82 Å². The van der Waals surface area contributed by atoms with Crippen molar-refractivity contribution >= 4 is 34.8 Å². The predicted molar refractivity (Wildman–Crippen MR) is 103 cm³/mol. The predicted octanol–water partition coefficient (Wildman–Crippen LogP) is 3.89. The molecule has 0 spiro atoms. The maximum absolute atomic E-state index is 13.9. The average molecular weight is 396 g/mol. The summed E-state index contributed by atoms with van der Waals surface area (Å²) in [6, 6.07) is 11.9. The van der Waals surface area contributed by atoms with E-state index in [0.29, 0.717) is 34.4 Å². The second kappa shape index (κ2) is 8.82. The first-order chi connectivity index (χ1) is 12.5. The zero-order chi connectivity index (χ0) is 18.5. The van der Waals surface area contributed by atoms with Crippen LogP contribution in [-0.2, 0) is 11.3 Å². The van der Waals surface area contributed by atoms with E-state index in [1.807, 2.05) is 12.1 Å². The van der Waals surface area contributed by atoms with Gasteiger partial charge in [-0.1, -0.05) is 41.4 Å². The van der Waals surface area contributed by atoms with E-state index in [-0.39, 0.29) is 11.7 Å². The monoisotopic (exact) mass is 395 g/mol. The smallest absolute Gasteiger partial charge is 0.238 e. The van der Waals surface area contributed by atoms with Crippen LogP contribution in [0.15, 0.2) is 42.5 Å². The molecule has 1 heterocycles. The van der Waals surface area contributed by atoms with Crippen molar-refractivity contribution in [1.82, 2.24) is 9.80 Å². The second-order valence-electron chi connectivity index (χ2n) is 6.28. The third-order valence-corrected chi connectivity index (χ3v) is 5.11. The summed E-state index contributed by atoms with van der Waals surface area (Å²) in [5.41, 5.74) is 1.14. The number of carbonyl (C=O) groups is 1. The Balaban J connectivity index is 1.48. The van der Waals surface area contributed by atoms with Gasteiger partial charge in [0, 0.05) is 43.3 Å². The molecule has 1 aliphatic heterocycles. The largest absolute Gasteiger partial charge is 0.324 e. The van der Waals surface area contributed by atoms with E-state index in [4.69, 9.17) is 23.2 Å². The number of halogens is 3. The third-order valence-electron chi connectivity index (χ3n) is 4.42. The number of amides is 1. The molecule has 4 nitrogen and oxygen atoms in total. The summed E-state index contributed by atoms with van der Waals surface area (Å²) in [7, 11) is 0. The van der Waals surface area contributed by atoms with E-state index in [1.165, 1.54) is 6.07 Å². The Hall–Kier alpha value is -1.66. The minimum absolute atomic E-state index is 0.0938. The summed E-state index contributed by atoms with van der Waals surface area (Å²) in [6.07, 6.45) is 0. The molecule has 3 rings (SSSR count). The Morgan fingerprint density at radius 2 is 1.62 bits per heavy atom. The molecule has 26 heavy (non-hydrogen) atoms. The number of nitrogens with zero attached hydrogens (tertiary/aromatic N) is 2. The Bertz CT molecular complexity index is 759. The van der Waals surface area contributed by atoms with E-state index < -0.39 is 0 Å². The lowest BCUT2D eigenvalue weighted by Gasteiger charge is -2.34. The molecular weight excluding hydrogens is 376 g/mol. The highest BCUT2D eigenvalue weighted by molar-refractivity contribution is 6.33. The highest BCUT2D eigenvalue weighted by Crippen LogP contribution is 2.22. The first-order valence-corrected chi connectivity index (χ1v) is 9.20. The van der Waals surface area contributed by atoms with E-state index in [9.17, 15) is 9.18 Å². The molecule has 0 aromatic heterocycles. The lowest BCUT2D eigenvalue weighted by atomic mass is 10.2. The molecule has 1 saturated heterocycles. The molecule has 0 atom stereocenters. The van der Waals surface area contributed by atoms with Gasteiger partial charge in [-0.05, 0) is 24.3 Å². The molecule has 2 aromatic carbocycles. The van der Waals surface area contributed by atoms with Gasteiger partial charge in [-0.3, -0.25) is 14.6 Å². The normalized spacial score (nSPS) is 15.8. The van der Waals surface area contributed by atoms with Gasteiger partial charge >= 0.3 is 0 Å². The number of rotatable bonds is 5. The fourth-order valence-electron chi connectivity index (χ4n) is 2.97. The molecule has 1 fully saturated rings. The highest BCUT2D eigenvalue weighted by Gasteiger charge is 2.21. The van der Waals surface area contributed by atoms with Gasteiger partial charge in [0.1, 0.15) is 5.82 Å². The van der Waals surface area contributed by atoms with Crippen LogP contribution in [0.25, 0.3) is 0 Å².